The molecule has 3 heteroatoms. The van der Waals surface area contributed by atoms with Crippen molar-refractivity contribution in [1.29, 1.82) is 0 Å². The number of anilines is 3. The van der Waals surface area contributed by atoms with Crippen LogP contribution in [-0.2, 0) is 0 Å². The minimum Gasteiger partial charge on any atom is -0.310 e. The number of fused-ring (bicyclic) bond motifs is 5. The number of aromatic nitrogens is 1. The van der Waals surface area contributed by atoms with Crippen LogP contribution in [0.15, 0.2) is 218 Å². The van der Waals surface area contributed by atoms with Crippen LogP contribution in [0.4, 0.5) is 17.1 Å². The van der Waals surface area contributed by atoms with Crippen molar-refractivity contribution in [2.75, 3.05) is 4.90 Å². The maximum atomic E-state index is 2.45. The van der Waals surface area contributed by atoms with Gasteiger partial charge in [0.1, 0.15) is 0 Å². The molecule has 0 unspecified atom stereocenters. The van der Waals surface area contributed by atoms with Crippen molar-refractivity contribution in [1.82, 2.24) is 4.57 Å². The zero-order valence-electron chi connectivity index (χ0n) is 32.2. The van der Waals surface area contributed by atoms with Crippen molar-refractivity contribution in [3.63, 3.8) is 0 Å². The van der Waals surface area contributed by atoms with E-state index in [1.807, 2.05) is 11.3 Å². The van der Waals surface area contributed by atoms with Gasteiger partial charge in [0.05, 0.1) is 11.2 Å². The molecule has 11 rings (SSSR count). The Hall–Kier alpha value is -7.46. The Bertz CT molecular complexity index is 3300. The van der Waals surface area contributed by atoms with Crippen molar-refractivity contribution in [2.24, 2.45) is 0 Å². The maximum Gasteiger partial charge on any atom is 0.0619 e. The zero-order chi connectivity index (χ0) is 39.1. The first-order chi connectivity index (χ1) is 29.3. The number of rotatable bonds is 8. The van der Waals surface area contributed by atoms with Crippen LogP contribution in [0, 0.1) is 0 Å². The van der Waals surface area contributed by atoms with E-state index < -0.39 is 0 Å². The van der Waals surface area contributed by atoms with Crippen LogP contribution in [0.1, 0.15) is 11.1 Å². The molecule has 0 aliphatic heterocycles. The van der Waals surface area contributed by atoms with E-state index in [1.165, 1.54) is 64.2 Å². The lowest BCUT2D eigenvalue weighted by molar-refractivity contribution is 1.13. The first-order valence-corrected chi connectivity index (χ1v) is 20.9. The summed E-state index contributed by atoms with van der Waals surface area (Å²) in [7, 11) is 0. The van der Waals surface area contributed by atoms with E-state index in [-0.39, 0.29) is 0 Å². The second kappa shape index (κ2) is 14.8. The summed E-state index contributed by atoms with van der Waals surface area (Å²) in [5.74, 6) is 0. The van der Waals surface area contributed by atoms with Gasteiger partial charge in [0.25, 0.3) is 0 Å². The lowest BCUT2D eigenvalue weighted by atomic mass is 9.97. The molecule has 278 valence electrons. The number of benzene rings is 9. The Labute approximate surface area is 347 Å². The molecule has 2 heterocycles. The smallest absolute Gasteiger partial charge is 0.0619 e. The lowest BCUT2D eigenvalue weighted by Crippen LogP contribution is -2.09. The number of nitrogens with zero attached hydrogens (tertiary/aromatic N) is 2. The van der Waals surface area contributed by atoms with Gasteiger partial charge in [0, 0.05) is 53.9 Å². The predicted molar refractivity (Wildman–Crippen MR) is 255 cm³/mol. The highest BCUT2D eigenvalue weighted by molar-refractivity contribution is 7.25. The highest BCUT2D eigenvalue weighted by Gasteiger charge is 2.23. The summed E-state index contributed by atoms with van der Waals surface area (Å²) in [5, 5.41) is 6.26. The quantitative estimate of drug-likeness (QED) is 0.140. The fraction of sp³-hybridized carbons (Fsp3) is 0. The first kappa shape index (κ1) is 34.8. The molecule has 0 radical (unpaired) electrons. The van der Waals surface area contributed by atoms with Gasteiger partial charge in [-0.25, -0.2) is 0 Å². The van der Waals surface area contributed by atoms with E-state index in [0.717, 1.165) is 33.9 Å². The first-order valence-electron chi connectivity index (χ1n) is 20.1. The highest BCUT2D eigenvalue weighted by Crippen LogP contribution is 2.45. The molecule has 0 saturated heterocycles. The molecule has 2 aromatic heterocycles. The van der Waals surface area contributed by atoms with Crippen LogP contribution in [0.2, 0.25) is 0 Å². The SMILES string of the molecule is C(=C\c1cccc2c(-c3ccccc3)c(-c3ccccc3)n(-c3ccccc3)c12)/c1ccc(N(c2ccc3ccccc3c2)c2ccc3sc4ccccc4c3c2)cc1. The van der Waals surface area contributed by atoms with E-state index in [2.05, 4.69) is 240 Å². The van der Waals surface area contributed by atoms with Gasteiger partial charge in [-0.15, -0.1) is 11.3 Å². The van der Waals surface area contributed by atoms with Crippen molar-refractivity contribution >= 4 is 82.4 Å². The van der Waals surface area contributed by atoms with E-state index in [9.17, 15) is 0 Å². The van der Waals surface area contributed by atoms with Crippen LogP contribution in [0.25, 0.3) is 82.1 Å². The number of para-hydroxylation sites is 2. The van der Waals surface area contributed by atoms with Gasteiger partial charge in [0.15, 0.2) is 0 Å². The van der Waals surface area contributed by atoms with E-state index in [4.69, 9.17) is 0 Å². The fourth-order valence-corrected chi connectivity index (χ4v) is 9.72. The minimum absolute atomic E-state index is 1.11. The Balaban J connectivity index is 1.03. The molecular weight excluding hydrogens is 733 g/mol. The molecule has 0 amide bonds. The molecule has 59 heavy (non-hydrogen) atoms. The van der Waals surface area contributed by atoms with Crippen LogP contribution < -0.4 is 4.90 Å². The predicted octanol–water partition coefficient (Wildman–Crippen LogP) is 16.1. The summed E-state index contributed by atoms with van der Waals surface area (Å²) in [5.41, 5.74) is 12.8. The van der Waals surface area contributed by atoms with Crippen molar-refractivity contribution < 1.29 is 0 Å². The van der Waals surface area contributed by atoms with Gasteiger partial charge in [-0.1, -0.05) is 170 Å². The number of thiophene rings is 1. The van der Waals surface area contributed by atoms with E-state index >= 15 is 0 Å². The summed E-state index contributed by atoms with van der Waals surface area (Å²) >= 11 is 1.85. The summed E-state index contributed by atoms with van der Waals surface area (Å²) < 4.78 is 5.06. The average molecular weight is 771 g/mol. The molecule has 0 atom stereocenters. The molecule has 11 aromatic rings. The summed E-state index contributed by atoms with van der Waals surface area (Å²) in [6.45, 7) is 0. The third kappa shape index (κ3) is 6.29. The molecule has 0 aliphatic carbocycles. The minimum atomic E-state index is 1.11. The standard InChI is InChI=1S/C56H38N2S/c1-4-16-41(17-5-1)54-50-25-14-21-43(55(50)58(45-22-8-3-9-23-45)56(54)42-18-6-2-7-19-42)30-27-39-28-32-46(33-29-39)57(47-34-31-40-15-10-11-20-44(40)37-47)48-35-36-53-51(38-48)49-24-12-13-26-52(49)59-53/h1-38H/b30-27+. The van der Waals surface area contributed by atoms with Gasteiger partial charge in [-0.2, -0.15) is 0 Å². The van der Waals surface area contributed by atoms with Crippen LogP contribution in [0.5, 0.6) is 0 Å². The van der Waals surface area contributed by atoms with Crippen molar-refractivity contribution in [2.45, 2.75) is 0 Å². The van der Waals surface area contributed by atoms with E-state index in [1.54, 1.807) is 0 Å². The molecule has 0 saturated carbocycles. The van der Waals surface area contributed by atoms with E-state index in [0.29, 0.717) is 0 Å². The second-order valence-electron chi connectivity index (χ2n) is 14.9. The number of hydrogen-bond acceptors (Lipinski definition) is 2. The van der Waals surface area contributed by atoms with Gasteiger partial charge >= 0.3 is 0 Å². The average Bonchev–Trinajstić information content (AvgIpc) is 3.86. The largest absolute Gasteiger partial charge is 0.310 e. The Morgan fingerprint density at radius 3 is 1.81 bits per heavy atom. The van der Waals surface area contributed by atoms with Gasteiger partial charge in [-0.05, 0) is 93.7 Å². The topological polar surface area (TPSA) is 8.17 Å². The van der Waals surface area contributed by atoms with Crippen LogP contribution >= 0.6 is 11.3 Å². The molecule has 0 fully saturated rings. The zero-order valence-corrected chi connectivity index (χ0v) is 33.1. The molecule has 0 N–H and O–H groups in total. The molecular formula is C56H38N2S. The fourth-order valence-electron chi connectivity index (χ4n) is 8.64. The molecule has 0 spiro atoms. The third-order valence-electron chi connectivity index (χ3n) is 11.4. The van der Waals surface area contributed by atoms with Crippen molar-refractivity contribution in [3.8, 4) is 28.1 Å². The Morgan fingerprint density at radius 1 is 0.407 bits per heavy atom. The summed E-state index contributed by atoms with van der Waals surface area (Å²) in [4.78, 5) is 2.38. The molecule has 0 bridgehead atoms. The van der Waals surface area contributed by atoms with Gasteiger partial charge < -0.3 is 9.47 Å². The summed E-state index contributed by atoms with van der Waals surface area (Å²) in [6, 6.07) is 79.0. The second-order valence-corrected chi connectivity index (χ2v) is 16.0. The summed E-state index contributed by atoms with van der Waals surface area (Å²) in [6.07, 6.45) is 4.52. The highest BCUT2D eigenvalue weighted by atomic mass is 32.1. The normalized spacial score (nSPS) is 11.7. The maximum absolute atomic E-state index is 2.45. The van der Waals surface area contributed by atoms with Gasteiger partial charge in [0.2, 0.25) is 0 Å². The van der Waals surface area contributed by atoms with Crippen molar-refractivity contribution in [3.05, 3.63) is 230 Å². The Kier molecular flexibility index (Phi) is 8.72. The van der Waals surface area contributed by atoms with Crippen LogP contribution in [0.3, 0.4) is 0 Å². The lowest BCUT2D eigenvalue weighted by Gasteiger charge is -2.26. The molecule has 0 aliphatic rings. The van der Waals surface area contributed by atoms with Crippen LogP contribution in [-0.4, -0.2) is 4.57 Å². The van der Waals surface area contributed by atoms with Gasteiger partial charge in [-0.3, -0.25) is 0 Å². The molecule has 9 aromatic carbocycles. The molecule has 2 nitrogen and oxygen atoms in total. The Morgan fingerprint density at radius 2 is 1.02 bits per heavy atom. The monoisotopic (exact) mass is 770 g/mol. The number of hydrogen-bond donors (Lipinski definition) is 0. The third-order valence-corrected chi connectivity index (χ3v) is 12.5.